The first-order valence-electron chi connectivity index (χ1n) is 11.7. The summed E-state index contributed by atoms with van der Waals surface area (Å²) in [5.41, 5.74) is 2.59. The van der Waals surface area contributed by atoms with Gasteiger partial charge in [-0.15, -0.1) is 0 Å². The Balaban J connectivity index is 1.99. The summed E-state index contributed by atoms with van der Waals surface area (Å²) in [7, 11) is -0.594. The topological polar surface area (TPSA) is 120 Å². The molecule has 9 nitrogen and oxygen atoms in total. The smallest absolute Gasteiger partial charge is 0.306 e. The maximum absolute atomic E-state index is 14.6. The van der Waals surface area contributed by atoms with E-state index in [-0.39, 0.29) is 22.7 Å². The molecule has 0 saturated carbocycles. The zero-order chi connectivity index (χ0) is 27.5. The number of carbonyl (C=O) groups is 1. The Kier molecular flexibility index (Phi) is 8.35. The number of nitriles is 1. The van der Waals surface area contributed by atoms with Crippen LogP contribution in [0.15, 0.2) is 47.5 Å². The van der Waals surface area contributed by atoms with Gasteiger partial charge in [0.05, 0.1) is 23.0 Å². The van der Waals surface area contributed by atoms with Crippen LogP contribution in [-0.4, -0.2) is 43.2 Å². The van der Waals surface area contributed by atoms with E-state index >= 15 is 0 Å². The number of sulfonamides is 1. The van der Waals surface area contributed by atoms with Gasteiger partial charge in [0.25, 0.3) is 10.0 Å². The highest BCUT2D eigenvalue weighted by molar-refractivity contribution is 7.90. The lowest BCUT2D eigenvalue weighted by molar-refractivity contribution is 0.256. The number of aromatic nitrogens is 2. The highest BCUT2D eigenvalue weighted by atomic mass is 32.2. The zero-order valence-corrected chi connectivity index (χ0v) is 22.5. The Labute approximate surface area is 217 Å². The molecule has 37 heavy (non-hydrogen) atoms. The van der Waals surface area contributed by atoms with Gasteiger partial charge in [-0.2, -0.15) is 18.8 Å². The molecule has 3 rings (SSSR count). The monoisotopic (exact) mass is 526 g/mol. The van der Waals surface area contributed by atoms with Crippen LogP contribution < -0.4 is 10.0 Å². The van der Waals surface area contributed by atoms with Crippen LogP contribution in [0.4, 0.5) is 14.9 Å². The van der Waals surface area contributed by atoms with Gasteiger partial charge in [0.1, 0.15) is 5.82 Å². The number of nitrogens with one attached hydrogen (secondary N) is 2. The summed E-state index contributed by atoms with van der Waals surface area (Å²) >= 11 is 0. The third kappa shape index (κ3) is 6.53. The average Bonchev–Trinajstić information content (AvgIpc) is 3.24. The van der Waals surface area contributed by atoms with E-state index in [4.69, 9.17) is 0 Å². The molecule has 0 aliphatic carbocycles. The Bertz CT molecular complexity index is 1460. The van der Waals surface area contributed by atoms with Crippen LogP contribution in [0.1, 0.15) is 56.5 Å². The fourth-order valence-electron chi connectivity index (χ4n) is 3.95. The van der Waals surface area contributed by atoms with Gasteiger partial charge < -0.3 is 10.2 Å². The maximum atomic E-state index is 14.6. The quantitative estimate of drug-likeness (QED) is 0.434. The van der Waals surface area contributed by atoms with Crippen molar-refractivity contribution in [1.29, 1.82) is 5.26 Å². The summed E-state index contributed by atoms with van der Waals surface area (Å²) in [5, 5.41) is 15.8. The second-order valence-electron chi connectivity index (χ2n) is 9.57. The maximum Gasteiger partial charge on any atom is 0.333 e. The van der Waals surface area contributed by atoms with Crippen molar-refractivity contribution in [3.05, 3.63) is 65.1 Å². The summed E-state index contributed by atoms with van der Waals surface area (Å²) in [6.45, 7) is 7.89. The van der Waals surface area contributed by atoms with E-state index in [9.17, 15) is 22.9 Å². The molecule has 0 aliphatic rings. The summed E-state index contributed by atoms with van der Waals surface area (Å²) in [6, 6.07) is 11.4. The summed E-state index contributed by atoms with van der Waals surface area (Å²) in [6.07, 6.45) is 0. The van der Waals surface area contributed by atoms with Crippen molar-refractivity contribution in [3.63, 3.8) is 0 Å². The first-order valence-corrected chi connectivity index (χ1v) is 13.2. The number of anilines is 1. The number of hydrogen-bond acceptors (Lipinski definition) is 6. The largest absolute Gasteiger partial charge is 0.333 e. The van der Waals surface area contributed by atoms with Gasteiger partial charge in [0.15, 0.2) is 5.03 Å². The van der Waals surface area contributed by atoms with Crippen molar-refractivity contribution >= 4 is 21.7 Å². The van der Waals surface area contributed by atoms with Crippen molar-refractivity contribution in [2.24, 2.45) is 0 Å². The molecule has 0 radical (unpaired) electrons. The number of amides is 2. The van der Waals surface area contributed by atoms with Crippen molar-refractivity contribution < 1.29 is 17.6 Å². The number of nitrogens with zero attached hydrogens (tertiary/aromatic N) is 4. The molecule has 2 aromatic carbocycles. The van der Waals surface area contributed by atoms with E-state index < -0.39 is 21.9 Å². The van der Waals surface area contributed by atoms with E-state index in [0.29, 0.717) is 34.5 Å². The lowest BCUT2D eigenvalue weighted by Crippen LogP contribution is -2.35. The Hall–Kier alpha value is -3.75. The number of halogens is 1. The fraction of sp³-hybridized carbons (Fsp3) is 0.346. The first kappa shape index (κ1) is 27.8. The molecular formula is C26H31FN6O3S. The lowest BCUT2D eigenvalue weighted by Gasteiger charge is -2.19. The summed E-state index contributed by atoms with van der Waals surface area (Å²) in [4.78, 5) is 14.9. The standard InChI is InChI=1S/C26H31FN6O3S/c1-16(2)22-11-20(27)12-23(19-9-7-8-18(10-19)14-28)25(22)29-26(34)31-37(35,36)24-13-21(15-32(5)6)33(30-24)17(3)4/h7-13,16-17H,15H2,1-6H3,(H2,29,31,34). The van der Waals surface area contributed by atoms with Gasteiger partial charge >= 0.3 is 6.03 Å². The lowest BCUT2D eigenvalue weighted by atomic mass is 9.93. The number of rotatable bonds is 8. The molecule has 0 spiro atoms. The van der Waals surface area contributed by atoms with Crippen LogP contribution in [0.2, 0.25) is 0 Å². The third-order valence-corrected chi connectivity index (χ3v) is 6.76. The van der Waals surface area contributed by atoms with Crippen LogP contribution in [0.25, 0.3) is 11.1 Å². The van der Waals surface area contributed by atoms with Gasteiger partial charge in [0, 0.05) is 24.2 Å². The number of carbonyl (C=O) groups excluding carboxylic acids is 1. The minimum atomic E-state index is -4.31. The fourth-order valence-corrected chi connectivity index (χ4v) is 4.83. The van der Waals surface area contributed by atoms with Crippen molar-refractivity contribution in [1.82, 2.24) is 19.4 Å². The molecule has 0 aliphatic heterocycles. The highest BCUT2D eigenvalue weighted by Crippen LogP contribution is 2.36. The van der Waals surface area contributed by atoms with E-state index in [1.165, 1.54) is 18.2 Å². The molecule has 0 fully saturated rings. The summed E-state index contributed by atoms with van der Waals surface area (Å²) < 4.78 is 44.3. The molecule has 11 heteroatoms. The molecule has 0 atom stereocenters. The Morgan fingerprint density at radius 2 is 1.86 bits per heavy atom. The average molecular weight is 527 g/mol. The molecule has 2 amide bonds. The predicted molar refractivity (Wildman–Crippen MR) is 140 cm³/mol. The Morgan fingerprint density at radius 1 is 1.16 bits per heavy atom. The van der Waals surface area contributed by atoms with Crippen LogP contribution in [0.5, 0.6) is 0 Å². The van der Waals surface area contributed by atoms with E-state index in [0.717, 1.165) is 0 Å². The Morgan fingerprint density at radius 3 is 2.46 bits per heavy atom. The minimum absolute atomic E-state index is 0.0905. The van der Waals surface area contributed by atoms with Gasteiger partial charge in [-0.3, -0.25) is 4.68 Å². The number of urea groups is 1. The number of benzene rings is 2. The minimum Gasteiger partial charge on any atom is -0.306 e. The first-order chi connectivity index (χ1) is 17.3. The molecule has 0 saturated heterocycles. The molecule has 1 aromatic heterocycles. The van der Waals surface area contributed by atoms with Gasteiger partial charge in [0.2, 0.25) is 0 Å². The second kappa shape index (κ2) is 11.1. The molecule has 0 unspecified atom stereocenters. The summed E-state index contributed by atoms with van der Waals surface area (Å²) in [5.74, 6) is -0.719. The number of hydrogen-bond donors (Lipinski definition) is 2. The highest BCUT2D eigenvalue weighted by Gasteiger charge is 2.25. The van der Waals surface area contributed by atoms with E-state index in [2.05, 4.69) is 10.4 Å². The molecular weight excluding hydrogens is 495 g/mol. The van der Waals surface area contributed by atoms with Crippen LogP contribution in [0.3, 0.4) is 0 Å². The predicted octanol–water partition coefficient (Wildman–Crippen LogP) is 4.84. The van der Waals surface area contributed by atoms with Gasteiger partial charge in [-0.05, 0) is 69.3 Å². The molecule has 196 valence electrons. The van der Waals surface area contributed by atoms with Crippen LogP contribution in [0, 0.1) is 17.1 Å². The zero-order valence-electron chi connectivity index (χ0n) is 21.7. The molecule has 3 aromatic rings. The van der Waals surface area contributed by atoms with E-state index in [1.54, 1.807) is 28.9 Å². The van der Waals surface area contributed by atoms with Crippen LogP contribution in [-0.2, 0) is 16.6 Å². The second-order valence-corrected chi connectivity index (χ2v) is 11.2. The molecule has 1 heterocycles. The van der Waals surface area contributed by atoms with E-state index in [1.807, 2.05) is 57.5 Å². The third-order valence-electron chi connectivity index (χ3n) is 5.56. The SMILES string of the molecule is CC(C)c1cc(F)cc(-c2cccc(C#N)c2)c1NC(=O)NS(=O)(=O)c1cc(CN(C)C)n(C(C)C)n1. The van der Waals surface area contributed by atoms with Crippen molar-refractivity contribution in [3.8, 4) is 17.2 Å². The van der Waals surface area contributed by atoms with Crippen LogP contribution >= 0.6 is 0 Å². The normalized spacial score (nSPS) is 11.7. The molecule has 0 bridgehead atoms. The van der Waals surface area contributed by atoms with Crippen molar-refractivity contribution in [2.45, 2.75) is 51.2 Å². The van der Waals surface area contributed by atoms with Gasteiger partial charge in [-0.25, -0.2) is 13.9 Å². The van der Waals surface area contributed by atoms with Crippen molar-refractivity contribution in [2.75, 3.05) is 19.4 Å². The molecule has 2 N–H and O–H groups in total. The van der Waals surface area contributed by atoms with Gasteiger partial charge in [-0.1, -0.05) is 26.0 Å².